The van der Waals surface area contributed by atoms with Crippen LogP contribution in [0.4, 0.5) is 0 Å². The molecule has 1 heterocycles. The van der Waals surface area contributed by atoms with Crippen molar-refractivity contribution in [3.63, 3.8) is 0 Å². The zero-order chi connectivity index (χ0) is 25.8. The number of amides is 1. The first-order valence-corrected chi connectivity index (χ1v) is 11.0. The Bertz CT molecular complexity index is 816. The molecule has 1 aromatic carbocycles. The Labute approximate surface area is 203 Å². The molecule has 0 saturated carbocycles. The molecule has 7 heteroatoms. The molecule has 1 aliphatic heterocycles. The van der Waals surface area contributed by atoms with Crippen molar-refractivity contribution < 1.29 is 28.6 Å². The van der Waals surface area contributed by atoms with Gasteiger partial charge in [0, 0.05) is 30.5 Å². The fourth-order valence-electron chi connectivity index (χ4n) is 2.37. The summed E-state index contributed by atoms with van der Waals surface area (Å²) in [5, 5.41) is 0. The summed E-state index contributed by atoms with van der Waals surface area (Å²) in [6.45, 7) is 19.6. The Hall–Kier alpha value is -3.45. The summed E-state index contributed by atoms with van der Waals surface area (Å²) >= 11 is 0. The lowest BCUT2D eigenvalue weighted by atomic mass is 10.2. The van der Waals surface area contributed by atoms with E-state index in [1.54, 1.807) is 31.0 Å². The summed E-state index contributed by atoms with van der Waals surface area (Å²) in [6, 6.07) is 9.92. The normalized spacial score (nSPS) is 11.7. The predicted octanol–water partition coefficient (Wildman–Crippen LogP) is 4.41. The predicted molar refractivity (Wildman–Crippen MR) is 134 cm³/mol. The van der Waals surface area contributed by atoms with E-state index >= 15 is 0 Å². The first-order chi connectivity index (χ1) is 16.2. The second-order valence-corrected chi connectivity index (χ2v) is 7.30. The highest BCUT2D eigenvalue weighted by Crippen LogP contribution is 2.08. The van der Waals surface area contributed by atoms with E-state index in [9.17, 15) is 14.4 Å². The summed E-state index contributed by atoms with van der Waals surface area (Å²) in [5.74, 6) is -0.488. The maximum absolute atomic E-state index is 11.0. The van der Waals surface area contributed by atoms with E-state index in [-0.39, 0.29) is 24.5 Å². The molecule has 1 aliphatic rings. The average molecular weight is 472 g/mol. The third-order valence-corrected chi connectivity index (χ3v) is 4.19. The smallest absolute Gasteiger partial charge is 0.333 e. The molecule has 0 radical (unpaired) electrons. The van der Waals surface area contributed by atoms with E-state index in [1.165, 1.54) is 5.56 Å². The minimum atomic E-state index is -0.378. The Morgan fingerprint density at radius 3 is 2.00 bits per heavy atom. The summed E-state index contributed by atoms with van der Waals surface area (Å²) in [4.78, 5) is 34.1. The van der Waals surface area contributed by atoms with Gasteiger partial charge in [-0.15, -0.1) is 6.58 Å². The first kappa shape index (κ1) is 30.6. The molecule has 186 valence electrons. The number of likely N-dealkylation sites (tertiary alicyclic amines) is 1. The third-order valence-electron chi connectivity index (χ3n) is 4.19. The van der Waals surface area contributed by atoms with Gasteiger partial charge in [-0.05, 0) is 32.0 Å². The minimum Gasteiger partial charge on any atom is -0.462 e. The van der Waals surface area contributed by atoms with Crippen LogP contribution in [0.3, 0.4) is 0 Å². The number of rotatable bonds is 11. The second kappa shape index (κ2) is 19.1. The van der Waals surface area contributed by atoms with Crippen molar-refractivity contribution in [3.8, 4) is 0 Å². The molecule has 1 aromatic rings. The van der Waals surface area contributed by atoms with Crippen LogP contribution in [0.15, 0.2) is 80.1 Å². The van der Waals surface area contributed by atoms with E-state index in [1.807, 2.05) is 30.3 Å². The van der Waals surface area contributed by atoms with Gasteiger partial charge in [-0.1, -0.05) is 56.1 Å². The van der Waals surface area contributed by atoms with Crippen molar-refractivity contribution in [1.29, 1.82) is 0 Å². The molecule has 1 amide bonds. The van der Waals surface area contributed by atoms with Gasteiger partial charge in [0.25, 0.3) is 0 Å². The van der Waals surface area contributed by atoms with Crippen molar-refractivity contribution in [2.45, 2.75) is 33.1 Å². The average Bonchev–Trinajstić information content (AvgIpc) is 3.25. The van der Waals surface area contributed by atoms with Crippen molar-refractivity contribution in [2.75, 3.05) is 33.0 Å². The van der Waals surface area contributed by atoms with Gasteiger partial charge in [-0.25, -0.2) is 9.59 Å². The lowest BCUT2D eigenvalue weighted by Gasteiger charge is -2.05. The fourth-order valence-corrected chi connectivity index (χ4v) is 2.37. The molecular formula is C27H37NO6. The maximum Gasteiger partial charge on any atom is 0.333 e. The zero-order valence-electron chi connectivity index (χ0n) is 20.4. The number of ether oxygens (including phenoxy) is 3. The largest absolute Gasteiger partial charge is 0.462 e. The van der Waals surface area contributed by atoms with Crippen molar-refractivity contribution in [3.05, 3.63) is 85.6 Å². The molecule has 0 atom stereocenters. The number of carbonyl (C=O) groups is 3. The molecule has 7 nitrogen and oxygen atoms in total. The van der Waals surface area contributed by atoms with Crippen LogP contribution in [0.5, 0.6) is 0 Å². The summed E-state index contributed by atoms with van der Waals surface area (Å²) in [6.07, 6.45) is 5.67. The van der Waals surface area contributed by atoms with Gasteiger partial charge in [0.2, 0.25) is 5.91 Å². The molecule has 0 spiro atoms. The van der Waals surface area contributed by atoms with E-state index in [0.29, 0.717) is 37.4 Å². The van der Waals surface area contributed by atoms with Gasteiger partial charge in [0.1, 0.15) is 6.61 Å². The standard InChI is InChI=1S/C12H14O2.C9H14O3.C6H9NO/c1-10(2)12(13)14-9-8-11-6-4-3-5-7-11;1-4-5-11-6-7-12-9(10)8(2)3;1-2-7-5-3-4-6(7)8/h3-7H,1,8-9H2,2H3;4H,1-2,5-7H2,3H3;2H,1,3-5H2. The first-order valence-electron chi connectivity index (χ1n) is 11.0. The van der Waals surface area contributed by atoms with Crippen molar-refractivity contribution in [1.82, 2.24) is 4.90 Å². The summed E-state index contributed by atoms with van der Waals surface area (Å²) < 4.78 is 14.7. The van der Waals surface area contributed by atoms with Crippen LogP contribution in [0.2, 0.25) is 0 Å². The molecule has 2 rings (SSSR count). The van der Waals surface area contributed by atoms with Crippen LogP contribution in [0.25, 0.3) is 0 Å². The Balaban J connectivity index is 0.000000498. The third kappa shape index (κ3) is 15.4. The Morgan fingerprint density at radius 2 is 1.56 bits per heavy atom. The van der Waals surface area contributed by atoms with Crippen LogP contribution in [0.1, 0.15) is 32.3 Å². The topological polar surface area (TPSA) is 82.1 Å². The highest BCUT2D eigenvalue weighted by atomic mass is 16.6. The van der Waals surface area contributed by atoms with Crippen LogP contribution >= 0.6 is 0 Å². The number of esters is 2. The van der Waals surface area contributed by atoms with Crippen LogP contribution in [0, 0.1) is 0 Å². The Kier molecular flexibility index (Phi) is 17.1. The van der Waals surface area contributed by atoms with Crippen LogP contribution in [-0.2, 0) is 35.0 Å². The van der Waals surface area contributed by atoms with E-state index < -0.39 is 0 Å². The number of carbonyl (C=O) groups excluding carboxylic acids is 3. The van der Waals surface area contributed by atoms with Gasteiger partial charge in [-0.2, -0.15) is 0 Å². The molecule has 0 N–H and O–H groups in total. The highest BCUT2D eigenvalue weighted by molar-refractivity contribution is 5.87. The number of hydrogen-bond acceptors (Lipinski definition) is 6. The highest BCUT2D eigenvalue weighted by Gasteiger charge is 2.16. The van der Waals surface area contributed by atoms with Crippen LogP contribution in [-0.4, -0.2) is 55.7 Å². The van der Waals surface area contributed by atoms with Gasteiger partial charge in [0.05, 0.1) is 19.8 Å². The monoisotopic (exact) mass is 471 g/mol. The van der Waals surface area contributed by atoms with E-state index in [2.05, 4.69) is 26.3 Å². The molecule has 34 heavy (non-hydrogen) atoms. The molecule has 0 aliphatic carbocycles. The molecule has 0 unspecified atom stereocenters. The van der Waals surface area contributed by atoms with Gasteiger partial charge < -0.3 is 19.1 Å². The quantitative estimate of drug-likeness (QED) is 0.206. The molecule has 1 fully saturated rings. The van der Waals surface area contributed by atoms with Gasteiger partial charge in [0.15, 0.2) is 0 Å². The second-order valence-electron chi connectivity index (χ2n) is 7.30. The fraction of sp³-hybridized carbons (Fsp3) is 0.370. The SMILES string of the molecule is C=C(C)C(=O)OCCc1ccccc1.C=CCOCCOC(=O)C(=C)C.C=CN1CCCC1=O. The van der Waals surface area contributed by atoms with E-state index in [0.717, 1.165) is 19.4 Å². The van der Waals surface area contributed by atoms with E-state index in [4.69, 9.17) is 14.2 Å². The van der Waals surface area contributed by atoms with Crippen LogP contribution < -0.4 is 0 Å². The lowest BCUT2D eigenvalue weighted by Crippen LogP contribution is -2.16. The summed E-state index contributed by atoms with van der Waals surface area (Å²) in [5.41, 5.74) is 2.01. The number of hydrogen-bond donors (Lipinski definition) is 0. The molecule has 1 saturated heterocycles. The Morgan fingerprint density at radius 1 is 0.971 bits per heavy atom. The maximum atomic E-state index is 11.0. The molecular weight excluding hydrogens is 434 g/mol. The zero-order valence-corrected chi connectivity index (χ0v) is 20.4. The minimum absolute atomic E-state index is 0.208. The number of nitrogens with zero attached hydrogens (tertiary/aromatic N) is 1. The lowest BCUT2D eigenvalue weighted by molar-refractivity contribution is -0.140. The molecule has 0 bridgehead atoms. The van der Waals surface area contributed by atoms with Gasteiger partial charge in [-0.3, -0.25) is 4.79 Å². The molecule has 0 aromatic heterocycles. The summed E-state index contributed by atoms with van der Waals surface area (Å²) in [7, 11) is 0. The van der Waals surface area contributed by atoms with Gasteiger partial charge >= 0.3 is 11.9 Å². The van der Waals surface area contributed by atoms with Crippen molar-refractivity contribution in [2.24, 2.45) is 0 Å². The number of benzene rings is 1. The van der Waals surface area contributed by atoms with Crippen molar-refractivity contribution >= 4 is 17.8 Å².